The van der Waals surface area contributed by atoms with Crippen LogP contribution in [0, 0.1) is 18.9 Å². The molecule has 2 heterocycles. The van der Waals surface area contributed by atoms with E-state index in [9.17, 15) is 0 Å². The molecule has 0 fully saturated rings. The average Bonchev–Trinajstić information content (AvgIpc) is 3.22. The van der Waals surface area contributed by atoms with E-state index in [-0.39, 0.29) is 0 Å². The molecule has 3 rings (SSSR count). The largest absolute Gasteiger partial charge is 0.318 e. The molecule has 1 aromatic heterocycles. The maximum absolute atomic E-state index is 4.98. The molecule has 125 valence electrons. The Kier molecular flexibility index (Phi) is 4.70. The predicted molar refractivity (Wildman–Crippen MR) is 104 cm³/mol. The summed E-state index contributed by atoms with van der Waals surface area (Å²) in [6, 6.07) is 8.87. The van der Waals surface area contributed by atoms with E-state index in [2.05, 4.69) is 70.3 Å². The zero-order valence-corrected chi connectivity index (χ0v) is 15.9. The van der Waals surface area contributed by atoms with E-state index in [1.54, 1.807) is 11.3 Å². The van der Waals surface area contributed by atoms with Crippen LogP contribution in [0.25, 0.3) is 11.3 Å². The zero-order valence-electron chi connectivity index (χ0n) is 15.1. The molecule has 2 atom stereocenters. The predicted octanol–water partition coefficient (Wildman–Crippen LogP) is 5.57. The number of nitrogens with zero attached hydrogens (tertiary/aromatic N) is 3. The Morgan fingerprint density at radius 3 is 2.50 bits per heavy atom. The van der Waals surface area contributed by atoms with Crippen LogP contribution < -0.4 is 4.59 Å². The van der Waals surface area contributed by atoms with E-state index >= 15 is 0 Å². The third-order valence-electron chi connectivity index (χ3n) is 4.90. The molecule has 1 radical (unpaired) electrons. The first-order valence-electron chi connectivity index (χ1n) is 8.58. The number of hydrogen-bond donors (Lipinski definition) is 0. The van der Waals surface area contributed by atoms with Crippen LogP contribution in [0.3, 0.4) is 0 Å². The normalized spacial score (nSPS) is 21.3. The summed E-state index contributed by atoms with van der Waals surface area (Å²) < 4.78 is 0.477. The third kappa shape index (κ3) is 2.74. The van der Waals surface area contributed by atoms with Crippen LogP contribution in [0.2, 0.25) is 0 Å². The van der Waals surface area contributed by atoms with Crippen LogP contribution in [0.1, 0.15) is 39.7 Å². The molecule has 1 aliphatic rings. The summed E-state index contributed by atoms with van der Waals surface area (Å²) in [6.45, 7) is 11.0. The van der Waals surface area contributed by atoms with Crippen molar-refractivity contribution in [3.8, 4) is 11.3 Å². The number of hydrogen-bond acceptors (Lipinski definition) is 3. The molecule has 0 saturated carbocycles. The SMILES string of the molecule is CCC1=[C]C=N[N+]1(c1nc(-c2ccc(C)cc2)cs1)C(C)C(C)C. The summed E-state index contributed by atoms with van der Waals surface area (Å²) in [5.41, 5.74) is 4.65. The smallest absolute Gasteiger partial charge is 0.183 e. The second kappa shape index (κ2) is 6.61. The van der Waals surface area contributed by atoms with Crippen LogP contribution >= 0.6 is 11.3 Å². The summed E-state index contributed by atoms with van der Waals surface area (Å²) in [4.78, 5) is 4.98. The number of benzene rings is 1. The van der Waals surface area contributed by atoms with Crippen LogP contribution in [-0.2, 0) is 0 Å². The zero-order chi connectivity index (χ0) is 17.3. The standard InChI is InChI=1S/C20H25N3S/c1-6-18-11-12-21-23(18,16(5)14(2)3)20-22-19(13-24-20)17-9-7-15(4)8-10-17/h7-10,12-14,16H,6H2,1-5H3/q+1. The van der Waals surface area contributed by atoms with Gasteiger partial charge in [0.25, 0.3) is 0 Å². The quantitative estimate of drug-likeness (QED) is 0.654. The molecule has 3 nitrogen and oxygen atoms in total. The van der Waals surface area contributed by atoms with Gasteiger partial charge in [0.1, 0.15) is 6.04 Å². The van der Waals surface area contributed by atoms with E-state index in [0.29, 0.717) is 16.6 Å². The summed E-state index contributed by atoms with van der Waals surface area (Å²) >= 11 is 1.70. The molecule has 2 aromatic rings. The highest BCUT2D eigenvalue weighted by molar-refractivity contribution is 7.13. The first-order valence-corrected chi connectivity index (χ1v) is 9.46. The highest BCUT2D eigenvalue weighted by atomic mass is 32.1. The van der Waals surface area contributed by atoms with Gasteiger partial charge >= 0.3 is 5.13 Å². The van der Waals surface area contributed by atoms with Gasteiger partial charge in [0, 0.05) is 23.3 Å². The number of allylic oxidation sites excluding steroid dienone is 2. The number of quaternary nitrogens is 1. The van der Waals surface area contributed by atoms with Gasteiger partial charge in [0.15, 0.2) is 5.70 Å². The fraction of sp³-hybridized carbons (Fsp3) is 0.400. The molecule has 2 unspecified atom stereocenters. The van der Waals surface area contributed by atoms with E-state index in [1.165, 1.54) is 11.3 Å². The summed E-state index contributed by atoms with van der Waals surface area (Å²) in [6.07, 6.45) is 6.10. The van der Waals surface area contributed by atoms with Crippen molar-refractivity contribution < 1.29 is 0 Å². The van der Waals surface area contributed by atoms with Gasteiger partial charge in [-0.3, -0.25) is 0 Å². The van der Waals surface area contributed by atoms with Gasteiger partial charge in [0.2, 0.25) is 0 Å². The van der Waals surface area contributed by atoms with Gasteiger partial charge in [-0.15, -0.1) is 4.59 Å². The Morgan fingerprint density at radius 2 is 1.88 bits per heavy atom. The van der Waals surface area contributed by atoms with Crippen molar-refractivity contribution in [3.05, 3.63) is 47.0 Å². The van der Waals surface area contributed by atoms with Gasteiger partial charge in [-0.25, -0.2) is 0 Å². The molecular formula is C20H25N3S+. The van der Waals surface area contributed by atoms with Crippen molar-refractivity contribution in [1.29, 1.82) is 0 Å². The van der Waals surface area contributed by atoms with Crippen molar-refractivity contribution in [1.82, 2.24) is 9.58 Å². The summed E-state index contributed by atoms with van der Waals surface area (Å²) in [5, 5.41) is 8.02. The number of thiazole rings is 1. The van der Waals surface area contributed by atoms with E-state index in [4.69, 9.17) is 10.1 Å². The maximum atomic E-state index is 4.98. The molecule has 4 heteroatoms. The van der Waals surface area contributed by atoms with E-state index in [1.807, 2.05) is 6.21 Å². The Bertz CT molecular complexity index is 770. The molecule has 24 heavy (non-hydrogen) atoms. The molecule has 1 aromatic carbocycles. The number of aryl methyl sites for hydroxylation is 1. The fourth-order valence-electron chi connectivity index (χ4n) is 3.10. The van der Waals surface area contributed by atoms with Crippen molar-refractivity contribution in [2.75, 3.05) is 0 Å². The molecular weight excluding hydrogens is 314 g/mol. The first-order chi connectivity index (χ1) is 11.5. The summed E-state index contributed by atoms with van der Waals surface area (Å²) in [7, 11) is 0. The van der Waals surface area contributed by atoms with Crippen LogP contribution in [0.5, 0.6) is 0 Å². The second-order valence-corrected chi connectivity index (χ2v) is 7.58. The highest BCUT2D eigenvalue weighted by Gasteiger charge is 2.47. The molecule has 0 bridgehead atoms. The first kappa shape index (κ1) is 17.1. The Hall–Kier alpha value is -1.78. The van der Waals surface area contributed by atoms with Gasteiger partial charge in [0.05, 0.1) is 18.0 Å². The Morgan fingerprint density at radius 1 is 1.17 bits per heavy atom. The molecule has 0 N–H and O–H groups in total. The van der Waals surface area contributed by atoms with E-state index < -0.39 is 0 Å². The molecule has 0 saturated heterocycles. The molecule has 0 amide bonds. The monoisotopic (exact) mass is 339 g/mol. The molecule has 1 aliphatic heterocycles. The minimum Gasteiger partial charge on any atom is -0.183 e. The minimum atomic E-state index is 0.322. The average molecular weight is 340 g/mol. The van der Waals surface area contributed by atoms with Gasteiger partial charge in [-0.1, -0.05) is 67.0 Å². The van der Waals surface area contributed by atoms with E-state index in [0.717, 1.165) is 22.8 Å². The minimum absolute atomic E-state index is 0.322. The maximum Gasteiger partial charge on any atom is 0.318 e. The lowest BCUT2D eigenvalue weighted by atomic mass is 10.0. The summed E-state index contributed by atoms with van der Waals surface area (Å²) in [5.74, 6) is 0.496. The topological polar surface area (TPSA) is 25.2 Å². The molecule has 0 spiro atoms. The third-order valence-corrected chi connectivity index (χ3v) is 5.82. The fourth-order valence-corrected chi connectivity index (χ4v) is 4.15. The lowest BCUT2D eigenvalue weighted by Gasteiger charge is -2.35. The van der Waals surface area contributed by atoms with Crippen LogP contribution in [0.15, 0.2) is 40.4 Å². The Balaban J connectivity index is 2.06. The lowest BCUT2D eigenvalue weighted by molar-refractivity contribution is 0.225. The van der Waals surface area contributed by atoms with Crippen molar-refractivity contribution in [2.24, 2.45) is 11.0 Å². The van der Waals surface area contributed by atoms with Gasteiger partial charge < -0.3 is 0 Å². The van der Waals surface area contributed by atoms with Crippen LogP contribution in [0.4, 0.5) is 5.13 Å². The van der Waals surface area contributed by atoms with Crippen molar-refractivity contribution in [3.63, 3.8) is 0 Å². The van der Waals surface area contributed by atoms with Gasteiger partial charge in [-0.05, 0) is 13.8 Å². The number of aromatic nitrogens is 1. The lowest BCUT2D eigenvalue weighted by Crippen LogP contribution is -2.51. The van der Waals surface area contributed by atoms with Crippen LogP contribution in [-0.4, -0.2) is 17.2 Å². The number of rotatable bonds is 5. The highest BCUT2D eigenvalue weighted by Crippen LogP contribution is 2.42. The van der Waals surface area contributed by atoms with Crippen molar-refractivity contribution >= 4 is 22.7 Å². The van der Waals surface area contributed by atoms with Crippen molar-refractivity contribution in [2.45, 2.75) is 47.1 Å². The van der Waals surface area contributed by atoms with Gasteiger partial charge in [-0.2, -0.15) is 4.98 Å². The molecule has 0 aliphatic carbocycles. The Labute approximate surface area is 149 Å². The second-order valence-electron chi connectivity index (χ2n) is 6.74.